The first-order valence-corrected chi connectivity index (χ1v) is 6.06. The first-order chi connectivity index (χ1) is 8.72. The Labute approximate surface area is 107 Å². The van der Waals surface area contributed by atoms with Crippen molar-refractivity contribution in [3.05, 3.63) is 17.7 Å². The van der Waals surface area contributed by atoms with Gasteiger partial charge in [0.2, 0.25) is 5.75 Å². The zero-order valence-corrected chi connectivity index (χ0v) is 11.0. The molecule has 0 unspecified atom stereocenters. The lowest BCUT2D eigenvalue weighted by Gasteiger charge is -2.25. The third-order valence-electron chi connectivity index (χ3n) is 3.45. The molecule has 0 radical (unpaired) electrons. The van der Waals surface area contributed by atoms with Gasteiger partial charge in [0.15, 0.2) is 17.3 Å². The predicted molar refractivity (Wildman–Crippen MR) is 67.8 cm³/mol. The van der Waals surface area contributed by atoms with Crippen LogP contribution >= 0.6 is 0 Å². The lowest BCUT2D eigenvalue weighted by molar-refractivity contribution is 0.0851. The summed E-state index contributed by atoms with van der Waals surface area (Å²) in [4.78, 5) is 12.3. The molecular formula is C14H18O4. The molecule has 4 nitrogen and oxygen atoms in total. The number of hydrogen-bond acceptors (Lipinski definition) is 4. The summed E-state index contributed by atoms with van der Waals surface area (Å²) >= 11 is 0. The lowest BCUT2D eigenvalue weighted by atomic mass is 9.79. The fourth-order valence-corrected chi connectivity index (χ4v) is 2.19. The number of ether oxygens (including phenoxy) is 3. The molecule has 1 fully saturated rings. The minimum Gasteiger partial charge on any atom is -0.493 e. The maximum Gasteiger partial charge on any atom is 0.204 e. The minimum atomic E-state index is 0.136. The summed E-state index contributed by atoms with van der Waals surface area (Å²) < 4.78 is 15.8. The van der Waals surface area contributed by atoms with Crippen LogP contribution in [0.25, 0.3) is 0 Å². The number of benzene rings is 1. The second-order valence-corrected chi connectivity index (χ2v) is 4.37. The molecule has 0 heterocycles. The van der Waals surface area contributed by atoms with Gasteiger partial charge in [-0.25, -0.2) is 0 Å². The normalized spacial score (nSPS) is 14.8. The highest BCUT2D eigenvalue weighted by Crippen LogP contribution is 2.42. The highest BCUT2D eigenvalue weighted by Gasteiger charge is 2.30. The Morgan fingerprint density at radius 2 is 1.72 bits per heavy atom. The van der Waals surface area contributed by atoms with Gasteiger partial charge in [0.05, 0.1) is 26.9 Å². The Hall–Kier alpha value is -1.71. The molecular weight excluding hydrogens is 232 g/mol. The Balaban J connectivity index is 2.43. The van der Waals surface area contributed by atoms with Crippen molar-refractivity contribution in [1.29, 1.82) is 0 Å². The number of rotatable bonds is 5. The van der Waals surface area contributed by atoms with Crippen molar-refractivity contribution in [3.8, 4) is 17.2 Å². The van der Waals surface area contributed by atoms with E-state index in [0.29, 0.717) is 22.8 Å². The lowest BCUT2D eigenvalue weighted by Crippen LogP contribution is -2.22. The van der Waals surface area contributed by atoms with Gasteiger partial charge in [-0.15, -0.1) is 0 Å². The van der Waals surface area contributed by atoms with E-state index in [0.717, 1.165) is 19.3 Å². The van der Waals surface area contributed by atoms with Gasteiger partial charge < -0.3 is 14.2 Å². The quantitative estimate of drug-likeness (QED) is 0.754. The van der Waals surface area contributed by atoms with Crippen LogP contribution in [0.2, 0.25) is 0 Å². The van der Waals surface area contributed by atoms with E-state index in [2.05, 4.69) is 0 Å². The van der Waals surface area contributed by atoms with Crippen molar-refractivity contribution in [2.45, 2.75) is 19.3 Å². The molecule has 1 saturated carbocycles. The van der Waals surface area contributed by atoms with Crippen LogP contribution in [0.1, 0.15) is 29.6 Å². The molecule has 0 spiro atoms. The molecule has 0 N–H and O–H groups in total. The van der Waals surface area contributed by atoms with E-state index in [1.807, 2.05) is 0 Å². The number of carbonyl (C=O) groups excluding carboxylic acids is 1. The van der Waals surface area contributed by atoms with Crippen LogP contribution in [-0.4, -0.2) is 27.1 Å². The Morgan fingerprint density at radius 1 is 1.06 bits per heavy atom. The molecule has 2 rings (SSSR count). The van der Waals surface area contributed by atoms with E-state index in [1.165, 1.54) is 14.2 Å². The van der Waals surface area contributed by atoms with Crippen LogP contribution in [0, 0.1) is 5.92 Å². The molecule has 0 amide bonds. The maximum absolute atomic E-state index is 12.3. The molecule has 1 aromatic rings. The van der Waals surface area contributed by atoms with Crippen molar-refractivity contribution < 1.29 is 19.0 Å². The Kier molecular flexibility index (Phi) is 3.75. The zero-order valence-electron chi connectivity index (χ0n) is 11.0. The van der Waals surface area contributed by atoms with Crippen LogP contribution in [0.4, 0.5) is 0 Å². The molecule has 0 atom stereocenters. The summed E-state index contributed by atoms with van der Waals surface area (Å²) in [5, 5.41) is 0. The number of methoxy groups -OCH3 is 3. The monoisotopic (exact) mass is 250 g/mol. The number of hydrogen-bond donors (Lipinski definition) is 0. The standard InChI is InChI=1S/C14H18O4/c1-16-11-8-7-10(12(15)9-5-4-6-9)13(17-2)14(11)18-3/h7-9H,4-6H2,1-3H3. The highest BCUT2D eigenvalue weighted by molar-refractivity contribution is 6.01. The van der Waals surface area contributed by atoms with Crippen molar-refractivity contribution >= 4 is 5.78 Å². The molecule has 0 aromatic heterocycles. The summed E-state index contributed by atoms with van der Waals surface area (Å²) in [6.45, 7) is 0. The van der Waals surface area contributed by atoms with Gasteiger partial charge >= 0.3 is 0 Å². The molecule has 98 valence electrons. The van der Waals surface area contributed by atoms with Gasteiger partial charge in [-0.05, 0) is 25.0 Å². The van der Waals surface area contributed by atoms with Crippen LogP contribution in [0.5, 0.6) is 17.2 Å². The fraction of sp³-hybridized carbons (Fsp3) is 0.500. The minimum absolute atomic E-state index is 0.136. The van der Waals surface area contributed by atoms with Crippen LogP contribution in [-0.2, 0) is 0 Å². The SMILES string of the molecule is COc1ccc(C(=O)C2CCC2)c(OC)c1OC. The van der Waals surface area contributed by atoms with E-state index in [9.17, 15) is 4.79 Å². The molecule has 4 heteroatoms. The molecule has 1 aliphatic carbocycles. The largest absolute Gasteiger partial charge is 0.493 e. The summed E-state index contributed by atoms with van der Waals surface area (Å²) in [6, 6.07) is 3.49. The van der Waals surface area contributed by atoms with E-state index in [-0.39, 0.29) is 11.7 Å². The second kappa shape index (κ2) is 5.29. The predicted octanol–water partition coefficient (Wildman–Crippen LogP) is 2.70. The van der Waals surface area contributed by atoms with Gasteiger partial charge in [0, 0.05) is 5.92 Å². The first-order valence-electron chi connectivity index (χ1n) is 6.06. The first kappa shape index (κ1) is 12.7. The topological polar surface area (TPSA) is 44.8 Å². The van der Waals surface area contributed by atoms with E-state index in [4.69, 9.17) is 14.2 Å². The van der Waals surface area contributed by atoms with Crippen molar-refractivity contribution in [3.63, 3.8) is 0 Å². The Bertz CT molecular complexity index is 449. The highest BCUT2D eigenvalue weighted by atomic mass is 16.5. The van der Waals surface area contributed by atoms with Gasteiger partial charge in [-0.1, -0.05) is 6.42 Å². The number of carbonyl (C=O) groups is 1. The van der Waals surface area contributed by atoms with E-state index in [1.54, 1.807) is 19.2 Å². The molecule has 1 aliphatic rings. The molecule has 0 bridgehead atoms. The summed E-state index contributed by atoms with van der Waals surface area (Å²) in [6.07, 6.45) is 3.07. The molecule has 18 heavy (non-hydrogen) atoms. The average Bonchev–Trinajstić information content (AvgIpc) is 2.34. The maximum atomic E-state index is 12.3. The fourth-order valence-electron chi connectivity index (χ4n) is 2.19. The van der Waals surface area contributed by atoms with Crippen LogP contribution in [0.15, 0.2) is 12.1 Å². The summed E-state index contributed by atoms with van der Waals surface area (Å²) in [7, 11) is 4.64. The third kappa shape index (κ3) is 2.03. The smallest absolute Gasteiger partial charge is 0.204 e. The number of Topliss-reactive ketones (excluding diaryl/α,β-unsaturated/α-hetero) is 1. The Morgan fingerprint density at radius 3 is 2.17 bits per heavy atom. The third-order valence-corrected chi connectivity index (χ3v) is 3.45. The van der Waals surface area contributed by atoms with Crippen LogP contribution < -0.4 is 14.2 Å². The number of ketones is 1. The van der Waals surface area contributed by atoms with Gasteiger partial charge in [0.1, 0.15) is 0 Å². The summed E-state index contributed by atoms with van der Waals surface area (Å²) in [5.41, 5.74) is 0.583. The second-order valence-electron chi connectivity index (χ2n) is 4.37. The average molecular weight is 250 g/mol. The molecule has 0 saturated heterocycles. The van der Waals surface area contributed by atoms with Gasteiger partial charge in [0.25, 0.3) is 0 Å². The van der Waals surface area contributed by atoms with E-state index >= 15 is 0 Å². The van der Waals surface area contributed by atoms with Gasteiger partial charge in [-0.3, -0.25) is 4.79 Å². The van der Waals surface area contributed by atoms with E-state index < -0.39 is 0 Å². The zero-order chi connectivity index (χ0) is 13.1. The van der Waals surface area contributed by atoms with Crippen molar-refractivity contribution in [2.75, 3.05) is 21.3 Å². The van der Waals surface area contributed by atoms with Crippen molar-refractivity contribution in [1.82, 2.24) is 0 Å². The molecule has 0 aliphatic heterocycles. The van der Waals surface area contributed by atoms with Gasteiger partial charge in [-0.2, -0.15) is 0 Å². The van der Waals surface area contributed by atoms with Crippen molar-refractivity contribution in [2.24, 2.45) is 5.92 Å². The van der Waals surface area contributed by atoms with Crippen LogP contribution in [0.3, 0.4) is 0 Å². The summed E-state index contributed by atoms with van der Waals surface area (Å²) in [5.74, 6) is 1.79. The molecule has 1 aromatic carbocycles.